The van der Waals surface area contributed by atoms with Crippen molar-refractivity contribution < 1.29 is 0 Å². The van der Waals surface area contributed by atoms with Gasteiger partial charge in [0.05, 0.1) is 22.8 Å². The Morgan fingerprint density at radius 3 is 0.952 bits per heavy atom. The van der Waals surface area contributed by atoms with Crippen molar-refractivity contribution in [3.05, 3.63) is 224 Å². The van der Waals surface area contributed by atoms with Crippen molar-refractivity contribution in [2.45, 2.75) is 13.8 Å². The quantitative estimate of drug-likeness (QED) is 0.146. The lowest BCUT2D eigenvalue weighted by atomic mass is 9.87. The highest BCUT2D eigenvalue weighted by atomic mass is 14.9. The molecule has 62 heavy (non-hydrogen) atoms. The van der Waals surface area contributed by atoms with Crippen LogP contribution in [-0.2, 0) is 0 Å². The van der Waals surface area contributed by atoms with Gasteiger partial charge in [-0.1, -0.05) is 194 Å². The number of nitrogens with zero attached hydrogens (tertiary/aromatic N) is 5. The zero-order chi connectivity index (χ0) is 41.8. The van der Waals surface area contributed by atoms with Gasteiger partial charge in [-0.25, -0.2) is 19.9 Å². The Morgan fingerprint density at radius 1 is 0.274 bits per heavy atom. The molecule has 0 fully saturated rings. The molecular weight excluding hydrogens is 755 g/mol. The highest BCUT2D eigenvalue weighted by Crippen LogP contribution is 2.42. The number of hydrogen-bond donors (Lipinski definition) is 0. The van der Waals surface area contributed by atoms with Crippen molar-refractivity contribution in [3.63, 3.8) is 0 Å². The minimum Gasteiger partial charge on any atom is -0.264 e. The van der Waals surface area contributed by atoms with E-state index >= 15 is 0 Å². The van der Waals surface area contributed by atoms with Gasteiger partial charge in [-0.05, 0) is 47.7 Å². The third-order valence-corrected chi connectivity index (χ3v) is 11.4. The van der Waals surface area contributed by atoms with Gasteiger partial charge in [0.1, 0.15) is 0 Å². The van der Waals surface area contributed by atoms with Crippen molar-refractivity contribution in [1.82, 2.24) is 24.9 Å². The van der Waals surface area contributed by atoms with Gasteiger partial charge in [0.2, 0.25) is 0 Å². The van der Waals surface area contributed by atoms with Gasteiger partial charge in [-0.3, -0.25) is 4.98 Å². The first-order valence-corrected chi connectivity index (χ1v) is 20.8. The summed E-state index contributed by atoms with van der Waals surface area (Å²) in [4.78, 5) is 25.1. The van der Waals surface area contributed by atoms with Crippen LogP contribution in [0.2, 0.25) is 0 Å². The molecule has 0 N–H and O–H groups in total. The normalized spacial score (nSPS) is 11.1. The maximum Gasteiger partial charge on any atom is 0.160 e. The predicted molar refractivity (Wildman–Crippen MR) is 254 cm³/mol. The molecular formula is C57H41N5. The highest BCUT2D eigenvalue weighted by Gasteiger charge is 2.19. The summed E-state index contributed by atoms with van der Waals surface area (Å²) in [6, 6.07) is 69.3. The van der Waals surface area contributed by atoms with Crippen LogP contribution in [0.15, 0.2) is 213 Å². The summed E-state index contributed by atoms with van der Waals surface area (Å²) in [6.07, 6.45) is 3.77. The van der Waals surface area contributed by atoms with Gasteiger partial charge in [-0.2, -0.15) is 0 Å². The van der Waals surface area contributed by atoms with E-state index in [-0.39, 0.29) is 0 Å². The van der Waals surface area contributed by atoms with Crippen LogP contribution in [0, 0.1) is 13.8 Å². The van der Waals surface area contributed by atoms with E-state index in [2.05, 4.69) is 164 Å². The topological polar surface area (TPSA) is 64.5 Å². The summed E-state index contributed by atoms with van der Waals surface area (Å²) in [7, 11) is 0. The average Bonchev–Trinajstić information content (AvgIpc) is 3.35. The molecule has 0 bridgehead atoms. The minimum atomic E-state index is 0.704. The molecule has 0 atom stereocenters. The summed E-state index contributed by atoms with van der Waals surface area (Å²) >= 11 is 0. The largest absolute Gasteiger partial charge is 0.264 e. The predicted octanol–water partition coefficient (Wildman–Crippen LogP) is 14.3. The van der Waals surface area contributed by atoms with Crippen molar-refractivity contribution in [3.8, 4) is 101 Å². The third-order valence-electron chi connectivity index (χ3n) is 11.4. The molecule has 0 saturated carbocycles. The second-order valence-electron chi connectivity index (χ2n) is 15.3. The van der Waals surface area contributed by atoms with Gasteiger partial charge < -0.3 is 0 Å². The molecule has 0 aliphatic heterocycles. The lowest BCUT2D eigenvalue weighted by Gasteiger charge is -2.18. The Kier molecular flexibility index (Phi) is 10.3. The zero-order valence-electron chi connectivity index (χ0n) is 34.4. The Balaban J connectivity index is 1.05. The van der Waals surface area contributed by atoms with E-state index in [1.165, 1.54) is 0 Å². The third kappa shape index (κ3) is 7.48. The van der Waals surface area contributed by atoms with Crippen molar-refractivity contribution in [2.24, 2.45) is 0 Å². The SMILES string of the molecule is Cc1c(-c2ccccc2)nc(-c2ccccc2)nc1-c1ccc(-c2cccc(-c3ccc(-c4nc(-c5ccccc5)nc(-c5ccccc5)c4C)cc3)c2-c2cccnc2)cc1. The summed E-state index contributed by atoms with van der Waals surface area (Å²) in [5.74, 6) is 1.41. The van der Waals surface area contributed by atoms with Gasteiger partial charge in [0.25, 0.3) is 0 Å². The first-order chi connectivity index (χ1) is 30.6. The maximum atomic E-state index is 5.17. The van der Waals surface area contributed by atoms with E-state index in [0.29, 0.717) is 11.6 Å². The monoisotopic (exact) mass is 795 g/mol. The highest BCUT2D eigenvalue weighted by molar-refractivity contribution is 5.95. The lowest BCUT2D eigenvalue weighted by Crippen LogP contribution is -2.00. The molecule has 10 rings (SSSR count). The molecule has 3 heterocycles. The fraction of sp³-hybridized carbons (Fsp3) is 0.0351. The van der Waals surface area contributed by atoms with Gasteiger partial charge in [0, 0.05) is 62.5 Å². The number of pyridine rings is 1. The van der Waals surface area contributed by atoms with E-state index in [0.717, 1.165) is 101 Å². The molecule has 5 nitrogen and oxygen atoms in total. The van der Waals surface area contributed by atoms with Crippen LogP contribution >= 0.6 is 0 Å². The summed E-state index contributed by atoms with van der Waals surface area (Å²) < 4.78 is 0. The smallest absolute Gasteiger partial charge is 0.160 e. The van der Waals surface area contributed by atoms with E-state index in [1.54, 1.807) is 0 Å². The van der Waals surface area contributed by atoms with Crippen LogP contribution in [0.25, 0.3) is 101 Å². The molecule has 0 amide bonds. The van der Waals surface area contributed by atoms with Gasteiger partial charge in [-0.15, -0.1) is 0 Å². The van der Waals surface area contributed by atoms with Crippen molar-refractivity contribution >= 4 is 0 Å². The Bertz CT molecular complexity index is 2940. The molecule has 0 unspecified atom stereocenters. The van der Waals surface area contributed by atoms with Gasteiger partial charge >= 0.3 is 0 Å². The van der Waals surface area contributed by atoms with Crippen LogP contribution in [-0.4, -0.2) is 24.9 Å². The first kappa shape index (κ1) is 38.1. The van der Waals surface area contributed by atoms with E-state index in [4.69, 9.17) is 19.9 Å². The molecule has 3 aromatic heterocycles. The molecule has 0 spiro atoms. The number of hydrogen-bond acceptors (Lipinski definition) is 5. The van der Waals surface area contributed by atoms with Gasteiger partial charge in [0.15, 0.2) is 11.6 Å². The molecule has 0 aliphatic carbocycles. The summed E-state index contributed by atoms with van der Waals surface area (Å²) in [6.45, 7) is 4.23. The first-order valence-electron chi connectivity index (χ1n) is 20.8. The maximum absolute atomic E-state index is 5.17. The summed E-state index contributed by atoms with van der Waals surface area (Å²) in [5, 5.41) is 0. The minimum absolute atomic E-state index is 0.704. The van der Waals surface area contributed by atoms with Crippen molar-refractivity contribution in [1.29, 1.82) is 0 Å². The lowest BCUT2D eigenvalue weighted by molar-refractivity contribution is 1.15. The average molecular weight is 796 g/mol. The fourth-order valence-corrected chi connectivity index (χ4v) is 8.25. The fourth-order valence-electron chi connectivity index (χ4n) is 8.25. The number of rotatable bonds is 9. The van der Waals surface area contributed by atoms with Crippen LogP contribution in [0.5, 0.6) is 0 Å². The van der Waals surface area contributed by atoms with E-state index in [1.807, 2.05) is 67.0 Å². The molecule has 0 radical (unpaired) electrons. The second-order valence-corrected chi connectivity index (χ2v) is 15.3. The molecule has 294 valence electrons. The molecule has 5 heteroatoms. The molecule has 0 aliphatic rings. The Morgan fingerprint density at radius 2 is 0.597 bits per heavy atom. The van der Waals surface area contributed by atoms with E-state index < -0.39 is 0 Å². The number of benzene rings is 7. The van der Waals surface area contributed by atoms with Crippen molar-refractivity contribution in [2.75, 3.05) is 0 Å². The number of aromatic nitrogens is 5. The molecule has 0 saturated heterocycles. The zero-order valence-corrected chi connectivity index (χ0v) is 34.4. The standard InChI is InChI=1S/C57H41N5/c1-38-52(42-17-7-3-8-18-42)59-56(46-21-11-5-12-22-46)61-54(38)44-32-28-40(29-33-44)49-26-15-27-50(51(49)48-25-16-36-58-37-48)41-30-34-45(35-31-41)55-39(2)53(43-19-9-4-10-20-43)60-57(62-55)47-23-13-6-14-24-47/h3-37H,1-2H3. The van der Waals surface area contributed by atoms with Crippen LogP contribution in [0.4, 0.5) is 0 Å². The Labute approximate surface area is 362 Å². The Hall–Kier alpha value is -8.15. The molecule has 10 aromatic rings. The van der Waals surface area contributed by atoms with E-state index in [9.17, 15) is 0 Å². The second kappa shape index (κ2) is 16.8. The molecule has 7 aromatic carbocycles. The van der Waals surface area contributed by atoms with Crippen LogP contribution < -0.4 is 0 Å². The van der Waals surface area contributed by atoms with Crippen LogP contribution in [0.1, 0.15) is 11.1 Å². The summed E-state index contributed by atoms with van der Waals surface area (Å²) in [5.41, 5.74) is 18.5. The van der Waals surface area contributed by atoms with Crippen LogP contribution in [0.3, 0.4) is 0 Å².